The van der Waals surface area contributed by atoms with Crippen molar-refractivity contribution in [1.29, 1.82) is 0 Å². The Morgan fingerprint density at radius 2 is 2.24 bits per heavy atom. The number of carbonyl (C=O) groups excluding carboxylic acids is 1. The molecule has 0 aliphatic heterocycles. The Hall–Kier alpha value is -1.23. The first-order valence-corrected chi connectivity index (χ1v) is 6.17. The molecule has 0 N–H and O–H groups in total. The van der Waals surface area contributed by atoms with Gasteiger partial charge in [-0.05, 0) is 32.1 Å². The van der Waals surface area contributed by atoms with Crippen LogP contribution in [-0.2, 0) is 15.1 Å². The predicted octanol–water partition coefficient (Wildman–Crippen LogP) is 1.93. The second-order valence-corrected chi connectivity index (χ2v) is 4.92. The molecule has 3 rings (SSSR count). The lowest BCUT2D eigenvalue weighted by Crippen LogP contribution is -2.37. The van der Waals surface area contributed by atoms with Crippen LogP contribution in [0.2, 0.25) is 0 Å². The highest BCUT2D eigenvalue weighted by atomic mass is 16.5. The van der Waals surface area contributed by atoms with Gasteiger partial charge < -0.3 is 9.26 Å². The van der Waals surface area contributed by atoms with Gasteiger partial charge in [0.15, 0.2) is 0 Å². The maximum atomic E-state index is 11.6. The highest BCUT2D eigenvalue weighted by Crippen LogP contribution is 2.43. The van der Waals surface area contributed by atoms with E-state index < -0.39 is 0 Å². The zero-order chi connectivity index (χ0) is 11.9. The maximum Gasteiger partial charge on any atom is 0.237 e. The topological polar surface area (TPSA) is 65.2 Å². The second kappa shape index (κ2) is 3.91. The lowest BCUT2D eigenvalue weighted by atomic mass is 9.79. The van der Waals surface area contributed by atoms with Crippen LogP contribution in [0.1, 0.15) is 56.2 Å². The van der Waals surface area contributed by atoms with Gasteiger partial charge in [0.1, 0.15) is 11.4 Å². The number of methoxy groups -OCH3 is 1. The van der Waals surface area contributed by atoms with E-state index in [1.807, 2.05) is 0 Å². The highest BCUT2D eigenvalue weighted by molar-refractivity contribution is 5.86. The van der Waals surface area contributed by atoms with E-state index in [4.69, 9.17) is 9.26 Å². The number of ketones is 1. The Morgan fingerprint density at radius 3 is 2.76 bits per heavy atom. The molecule has 2 saturated carbocycles. The van der Waals surface area contributed by atoms with Gasteiger partial charge in [-0.1, -0.05) is 5.16 Å². The Balaban J connectivity index is 1.85. The first kappa shape index (κ1) is 10.9. The van der Waals surface area contributed by atoms with Crippen molar-refractivity contribution in [3.05, 3.63) is 11.7 Å². The zero-order valence-corrected chi connectivity index (χ0v) is 9.94. The van der Waals surface area contributed by atoms with Crippen molar-refractivity contribution in [2.24, 2.45) is 0 Å². The first-order chi connectivity index (χ1) is 8.25. The van der Waals surface area contributed by atoms with Crippen LogP contribution in [-0.4, -0.2) is 23.0 Å². The number of hydrogen-bond donors (Lipinski definition) is 0. The molecule has 2 aliphatic rings. The average Bonchev–Trinajstić information content (AvgIpc) is 2.86. The monoisotopic (exact) mass is 236 g/mol. The van der Waals surface area contributed by atoms with Gasteiger partial charge in [-0.15, -0.1) is 0 Å². The van der Waals surface area contributed by atoms with E-state index in [1.54, 1.807) is 7.11 Å². The summed E-state index contributed by atoms with van der Waals surface area (Å²) in [7, 11) is 1.68. The molecule has 5 heteroatoms. The van der Waals surface area contributed by atoms with E-state index in [1.165, 1.54) is 0 Å². The van der Waals surface area contributed by atoms with E-state index in [0.717, 1.165) is 32.1 Å². The zero-order valence-electron chi connectivity index (χ0n) is 9.94. The molecule has 2 aliphatic carbocycles. The van der Waals surface area contributed by atoms with Crippen molar-refractivity contribution in [3.8, 4) is 0 Å². The smallest absolute Gasteiger partial charge is 0.237 e. The fraction of sp³-hybridized carbons (Fsp3) is 0.750. The van der Waals surface area contributed by atoms with Crippen LogP contribution in [0.5, 0.6) is 0 Å². The normalized spacial score (nSPS) is 27.1. The number of rotatable bonds is 3. The lowest BCUT2D eigenvalue weighted by Gasteiger charge is -2.37. The molecule has 1 aromatic heterocycles. The molecular formula is C12H16N2O3. The van der Waals surface area contributed by atoms with E-state index in [2.05, 4.69) is 10.1 Å². The molecule has 0 aromatic carbocycles. The van der Waals surface area contributed by atoms with Gasteiger partial charge in [-0.2, -0.15) is 4.98 Å². The quantitative estimate of drug-likeness (QED) is 0.802. The van der Waals surface area contributed by atoms with Crippen molar-refractivity contribution in [2.45, 2.75) is 50.0 Å². The molecule has 92 valence electrons. The van der Waals surface area contributed by atoms with Crippen molar-refractivity contribution in [2.75, 3.05) is 7.11 Å². The number of Topliss-reactive ketones (excluding diaryl/α,β-unsaturated/α-hetero) is 1. The summed E-state index contributed by atoms with van der Waals surface area (Å²) < 4.78 is 10.7. The Kier molecular flexibility index (Phi) is 2.50. The van der Waals surface area contributed by atoms with Crippen LogP contribution in [0.3, 0.4) is 0 Å². The van der Waals surface area contributed by atoms with Crippen LogP contribution in [0, 0.1) is 0 Å². The number of hydrogen-bond acceptors (Lipinski definition) is 5. The summed E-state index contributed by atoms with van der Waals surface area (Å²) in [5.41, 5.74) is -0.358. The van der Waals surface area contributed by atoms with Crippen molar-refractivity contribution >= 4 is 5.78 Å². The van der Waals surface area contributed by atoms with E-state index in [0.29, 0.717) is 18.1 Å². The van der Waals surface area contributed by atoms with Crippen LogP contribution >= 0.6 is 0 Å². The Bertz CT molecular complexity index is 431. The molecule has 5 nitrogen and oxygen atoms in total. The molecule has 0 spiro atoms. The predicted molar refractivity (Wildman–Crippen MR) is 58.4 cm³/mol. The lowest BCUT2D eigenvalue weighted by molar-refractivity contribution is -0.119. The Morgan fingerprint density at radius 1 is 1.41 bits per heavy atom. The van der Waals surface area contributed by atoms with E-state index >= 15 is 0 Å². The van der Waals surface area contributed by atoms with Crippen molar-refractivity contribution in [1.82, 2.24) is 10.1 Å². The molecule has 1 atom stereocenters. The average molecular weight is 236 g/mol. The largest absolute Gasteiger partial charge is 0.370 e. The summed E-state index contributed by atoms with van der Waals surface area (Å²) in [6.45, 7) is 0. The van der Waals surface area contributed by atoms with Gasteiger partial charge in [0.05, 0.1) is 5.92 Å². The maximum absolute atomic E-state index is 11.6. The summed E-state index contributed by atoms with van der Waals surface area (Å²) >= 11 is 0. The Labute approximate surface area is 99.5 Å². The highest BCUT2D eigenvalue weighted by Gasteiger charge is 2.44. The molecule has 0 saturated heterocycles. The minimum absolute atomic E-state index is 0.176. The molecular weight excluding hydrogens is 220 g/mol. The first-order valence-electron chi connectivity index (χ1n) is 6.17. The third kappa shape index (κ3) is 1.60. The van der Waals surface area contributed by atoms with Crippen molar-refractivity contribution < 1.29 is 14.1 Å². The summed E-state index contributed by atoms with van der Waals surface area (Å²) in [6.07, 6.45) is 5.39. The summed E-state index contributed by atoms with van der Waals surface area (Å²) in [5, 5.41) is 4.00. The van der Waals surface area contributed by atoms with Gasteiger partial charge in [0.25, 0.3) is 0 Å². The van der Waals surface area contributed by atoms with Crippen molar-refractivity contribution in [3.63, 3.8) is 0 Å². The van der Waals surface area contributed by atoms with Gasteiger partial charge >= 0.3 is 0 Å². The van der Waals surface area contributed by atoms with Gasteiger partial charge in [0, 0.05) is 13.5 Å². The SMILES string of the molecule is COC1(c2noc(C3CCCC3=O)n2)CCC1. The number of aromatic nitrogens is 2. The standard InChI is InChI=1S/C12H16N2O3/c1-16-12(6-3-7-12)11-13-10(17-14-11)8-4-2-5-9(8)15/h8H,2-7H2,1H3. The molecule has 0 amide bonds. The van der Waals surface area contributed by atoms with Crippen LogP contribution in [0.15, 0.2) is 4.52 Å². The third-order valence-electron chi connectivity index (χ3n) is 4.00. The number of carbonyl (C=O) groups is 1. The summed E-state index contributed by atoms with van der Waals surface area (Å²) in [4.78, 5) is 16.0. The van der Waals surface area contributed by atoms with Gasteiger partial charge in [0.2, 0.25) is 11.7 Å². The molecule has 1 aromatic rings. The fourth-order valence-electron chi connectivity index (χ4n) is 2.66. The number of ether oxygens (including phenoxy) is 1. The molecule has 1 unspecified atom stereocenters. The minimum atomic E-state index is -0.358. The van der Waals surface area contributed by atoms with E-state index in [9.17, 15) is 4.79 Å². The number of nitrogens with zero attached hydrogens (tertiary/aromatic N) is 2. The van der Waals surface area contributed by atoms with Gasteiger partial charge in [-0.25, -0.2) is 0 Å². The van der Waals surface area contributed by atoms with Crippen LogP contribution in [0.4, 0.5) is 0 Å². The molecule has 0 bridgehead atoms. The summed E-state index contributed by atoms with van der Waals surface area (Å²) in [6, 6.07) is 0. The molecule has 17 heavy (non-hydrogen) atoms. The molecule has 1 heterocycles. The van der Waals surface area contributed by atoms with Crippen LogP contribution < -0.4 is 0 Å². The summed E-state index contributed by atoms with van der Waals surface area (Å²) in [5.74, 6) is 1.14. The van der Waals surface area contributed by atoms with Crippen LogP contribution in [0.25, 0.3) is 0 Å². The molecule has 2 fully saturated rings. The fourth-order valence-corrected chi connectivity index (χ4v) is 2.66. The minimum Gasteiger partial charge on any atom is -0.370 e. The second-order valence-electron chi connectivity index (χ2n) is 4.92. The van der Waals surface area contributed by atoms with E-state index in [-0.39, 0.29) is 17.3 Å². The molecule has 0 radical (unpaired) electrons. The van der Waals surface area contributed by atoms with Gasteiger partial charge in [-0.3, -0.25) is 4.79 Å². The third-order valence-corrected chi connectivity index (χ3v) is 4.00.